The quantitative estimate of drug-likeness (QED) is 0.781. The van der Waals surface area contributed by atoms with E-state index in [0.717, 1.165) is 19.5 Å². The Bertz CT molecular complexity index is 271. The van der Waals surface area contributed by atoms with Crippen molar-refractivity contribution in [2.75, 3.05) is 13.1 Å². The summed E-state index contributed by atoms with van der Waals surface area (Å²) in [5, 5.41) is 6.56. The van der Waals surface area contributed by atoms with Crippen LogP contribution in [0.4, 0.5) is 0 Å². The van der Waals surface area contributed by atoms with E-state index >= 15 is 0 Å². The molecule has 2 N–H and O–H groups in total. The number of hydrogen-bond acceptors (Lipinski definition) is 2. The molecule has 1 saturated heterocycles. The molecule has 18 heavy (non-hydrogen) atoms. The fourth-order valence-corrected chi connectivity index (χ4v) is 2.79. The molecule has 0 bridgehead atoms. The maximum absolute atomic E-state index is 11.8. The van der Waals surface area contributed by atoms with Gasteiger partial charge in [-0.1, -0.05) is 13.8 Å². The molecule has 0 aromatic carbocycles. The van der Waals surface area contributed by atoms with Crippen molar-refractivity contribution in [2.24, 2.45) is 11.3 Å². The van der Waals surface area contributed by atoms with E-state index in [9.17, 15) is 4.79 Å². The SMILES string of the molecule is CC(C)C1(CNC(=O)CCC2CCCN2)CC1.Cl. The van der Waals surface area contributed by atoms with Crippen LogP contribution in [0.1, 0.15) is 52.4 Å². The van der Waals surface area contributed by atoms with Gasteiger partial charge in [-0.05, 0) is 50.0 Å². The van der Waals surface area contributed by atoms with Crippen LogP contribution in [-0.2, 0) is 4.79 Å². The van der Waals surface area contributed by atoms with E-state index in [2.05, 4.69) is 24.5 Å². The van der Waals surface area contributed by atoms with E-state index in [1.807, 2.05) is 0 Å². The number of halogens is 1. The lowest BCUT2D eigenvalue weighted by Gasteiger charge is -2.20. The van der Waals surface area contributed by atoms with Crippen LogP contribution in [0.3, 0.4) is 0 Å². The molecule has 3 nitrogen and oxygen atoms in total. The van der Waals surface area contributed by atoms with E-state index in [-0.39, 0.29) is 18.3 Å². The summed E-state index contributed by atoms with van der Waals surface area (Å²) in [5.74, 6) is 0.935. The number of carbonyl (C=O) groups is 1. The largest absolute Gasteiger partial charge is 0.356 e. The summed E-state index contributed by atoms with van der Waals surface area (Å²) in [7, 11) is 0. The summed E-state index contributed by atoms with van der Waals surface area (Å²) in [6.07, 6.45) is 6.77. The molecule has 1 aliphatic carbocycles. The van der Waals surface area contributed by atoms with Crippen LogP contribution < -0.4 is 10.6 Å². The van der Waals surface area contributed by atoms with Crippen LogP contribution in [0.2, 0.25) is 0 Å². The lowest BCUT2D eigenvalue weighted by Crippen LogP contribution is -2.33. The van der Waals surface area contributed by atoms with Gasteiger partial charge in [0.05, 0.1) is 0 Å². The average molecular weight is 275 g/mol. The summed E-state index contributed by atoms with van der Waals surface area (Å²) >= 11 is 0. The lowest BCUT2D eigenvalue weighted by atomic mass is 9.92. The van der Waals surface area contributed by atoms with Crippen molar-refractivity contribution >= 4 is 18.3 Å². The molecule has 1 atom stereocenters. The van der Waals surface area contributed by atoms with Crippen LogP contribution in [0, 0.1) is 11.3 Å². The van der Waals surface area contributed by atoms with Gasteiger partial charge in [0, 0.05) is 19.0 Å². The van der Waals surface area contributed by atoms with Crippen molar-refractivity contribution in [1.29, 1.82) is 0 Å². The highest BCUT2D eigenvalue weighted by Crippen LogP contribution is 2.51. The first-order chi connectivity index (χ1) is 8.12. The van der Waals surface area contributed by atoms with Crippen LogP contribution in [0.25, 0.3) is 0 Å². The Labute approximate surface area is 117 Å². The van der Waals surface area contributed by atoms with Crippen molar-refractivity contribution < 1.29 is 4.79 Å². The van der Waals surface area contributed by atoms with Gasteiger partial charge in [-0.15, -0.1) is 12.4 Å². The monoisotopic (exact) mass is 274 g/mol. The third-order valence-corrected chi connectivity index (χ3v) is 4.64. The molecule has 4 heteroatoms. The van der Waals surface area contributed by atoms with Crippen LogP contribution in [-0.4, -0.2) is 25.0 Å². The molecule has 1 saturated carbocycles. The molecule has 0 radical (unpaired) electrons. The van der Waals surface area contributed by atoms with E-state index in [4.69, 9.17) is 0 Å². The number of amides is 1. The molecule has 2 aliphatic rings. The molecule has 1 aliphatic heterocycles. The number of carbonyl (C=O) groups excluding carboxylic acids is 1. The fourth-order valence-electron chi connectivity index (χ4n) is 2.79. The topological polar surface area (TPSA) is 41.1 Å². The Kier molecular flexibility index (Phi) is 5.93. The van der Waals surface area contributed by atoms with Gasteiger partial charge < -0.3 is 10.6 Å². The lowest BCUT2D eigenvalue weighted by molar-refractivity contribution is -0.121. The van der Waals surface area contributed by atoms with Crippen LogP contribution >= 0.6 is 12.4 Å². The third-order valence-electron chi connectivity index (χ3n) is 4.64. The molecule has 2 fully saturated rings. The van der Waals surface area contributed by atoms with Crippen LogP contribution in [0.5, 0.6) is 0 Å². The van der Waals surface area contributed by atoms with Gasteiger partial charge in [-0.3, -0.25) is 4.79 Å². The summed E-state index contributed by atoms with van der Waals surface area (Å²) in [6, 6.07) is 0.584. The Morgan fingerprint density at radius 3 is 2.67 bits per heavy atom. The minimum absolute atomic E-state index is 0. The maximum atomic E-state index is 11.8. The first-order valence-electron chi connectivity index (χ1n) is 7.12. The molecular formula is C14H27ClN2O. The van der Waals surface area contributed by atoms with Crippen molar-refractivity contribution in [3.05, 3.63) is 0 Å². The van der Waals surface area contributed by atoms with Gasteiger partial charge in [0.1, 0.15) is 0 Å². The van der Waals surface area contributed by atoms with Crippen molar-refractivity contribution in [3.8, 4) is 0 Å². The Morgan fingerprint density at radius 2 is 2.17 bits per heavy atom. The molecule has 0 aromatic heterocycles. The zero-order chi connectivity index (χ0) is 12.3. The first-order valence-corrected chi connectivity index (χ1v) is 7.12. The number of rotatable bonds is 6. The summed E-state index contributed by atoms with van der Waals surface area (Å²) in [4.78, 5) is 11.8. The number of hydrogen-bond donors (Lipinski definition) is 2. The van der Waals surface area contributed by atoms with Crippen molar-refractivity contribution in [3.63, 3.8) is 0 Å². The predicted octanol–water partition coefficient (Wildman–Crippen LogP) is 2.49. The zero-order valence-corrected chi connectivity index (χ0v) is 12.4. The highest BCUT2D eigenvalue weighted by molar-refractivity contribution is 5.85. The average Bonchev–Trinajstić information content (AvgIpc) is 2.93. The second-order valence-electron chi connectivity index (χ2n) is 6.13. The highest BCUT2D eigenvalue weighted by Gasteiger charge is 2.45. The fraction of sp³-hybridized carbons (Fsp3) is 0.929. The molecule has 1 heterocycles. The van der Waals surface area contributed by atoms with Gasteiger partial charge >= 0.3 is 0 Å². The summed E-state index contributed by atoms with van der Waals surface area (Å²) < 4.78 is 0. The second kappa shape index (κ2) is 6.76. The van der Waals surface area contributed by atoms with Gasteiger partial charge in [-0.25, -0.2) is 0 Å². The minimum atomic E-state index is 0. The standard InChI is InChI=1S/C14H26N2O.ClH/c1-11(2)14(7-8-14)10-16-13(17)6-5-12-4-3-9-15-12;/h11-12,15H,3-10H2,1-2H3,(H,16,17);1H. The Balaban J connectivity index is 0.00000162. The highest BCUT2D eigenvalue weighted by atomic mass is 35.5. The number of nitrogens with one attached hydrogen (secondary N) is 2. The minimum Gasteiger partial charge on any atom is -0.356 e. The molecular weight excluding hydrogens is 248 g/mol. The van der Waals surface area contributed by atoms with Crippen LogP contribution in [0.15, 0.2) is 0 Å². The zero-order valence-electron chi connectivity index (χ0n) is 11.6. The van der Waals surface area contributed by atoms with Gasteiger partial charge in [0.2, 0.25) is 5.91 Å². The van der Waals surface area contributed by atoms with Crippen molar-refractivity contribution in [1.82, 2.24) is 10.6 Å². The Hall–Kier alpha value is -0.280. The van der Waals surface area contributed by atoms with E-state index < -0.39 is 0 Å². The first kappa shape index (κ1) is 15.8. The van der Waals surface area contributed by atoms with Gasteiger partial charge in [0.25, 0.3) is 0 Å². The molecule has 106 valence electrons. The molecule has 1 unspecified atom stereocenters. The van der Waals surface area contributed by atoms with E-state index in [1.54, 1.807) is 0 Å². The van der Waals surface area contributed by atoms with Gasteiger partial charge in [-0.2, -0.15) is 0 Å². The van der Waals surface area contributed by atoms with E-state index in [1.165, 1.54) is 25.7 Å². The second-order valence-corrected chi connectivity index (χ2v) is 6.13. The molecule has 0 spiro atoms. The normalized spacial score (nSPS) is 24.7. The van der Waals surface area contributed by atoms with Gasteiger partial charge in [0.15, 0.2) is 0 Å². The maximum Gasteiger partial charge on any atom is 0.220 e. The molecule has 2 rings (SSSR count). The smallest absolute Gasteiger partial charge is 0.220 e. The summed E-state index contributed by atoms with van der Waals surface area (Å²) in [5.41, 5.74) is 0.432. The molecule has 1 amide bonds. The molecule has 0 aromatic rings. The summed E-state index contributed by atoms with van der Waals surface area (Å²) in [6.45, 7) is 6.55. The Morgan fingerprint density at radius 1 is 1.44 bits per heavy atom. The van der Waals surface area contributed by atoms with Crippen molar-refractivity contribution in [2.45, 2.75) is 58.4 Å². The predicted molar refractivity (Wildman–Crippen MR) is 77.0 cm³/mol. The third kappa shape index (κ3) is 4.13. The van der Waals surface area contributed by atoms with E-state index in [0.29, 0.717) is 23.8 Å².